The molecule has 5 heteroatoms. The van der Waals surface area contributed by atoms with Gasteiger partial charge in [-0.05, 0) is 30.7 Å². The average molecular weight is 262 g/mol. The van der Waals surface area contributed by atoms with E-state index in [1.165, 1.54) is 7.11 Å². The van der Waals surface area contributed by atoms with Gasteiger partial charge in [0, 0.05) is 36.3 Å². The van der Waals surface area contributed by atoms with Crippen molar-refractivity contribution in [2.45, 2.75) is 12.5 Å². The average Bonchev–Trinajstić information content (AvgIpc) is 2.86. The Bertz CT molecular complexity index is 550. The number of aromatic nitrogens is 1. The van der Waals surface area contributed by atoms with E-state index in [4.69, 9.17) is 4.74 Å². The number of nitrogens with one attached hydrogen (secondary N) is 2. The van der Waals surface area contributed by atoms with Crippen molar-refractivity contribution in [2.24, 2.45) is 0 Å². The smallest absolute Gasteiger partial charge is 0.251 e. The number of benzene rings is 1. The summed E-state index contributed by atoms with van der Waals surface area (Å²) in [6.07, 6.45) is 1.77. The first-order chi connectivity index (χ1) is 9.20. The number of hydrogen-bond acceptors (Lipinski definition) is 3. The van der Waals surface area contributed by atoms with Crippen molar-refractivity contribution >= 4 is 16.8 Å². The van der Waals surface area contributed by atoms with Gasteiger partial charge in [-0.2, -0.15) is 0 Å². The van der Waals surface area contributed by atoms with Crippen molar-refractivity contribution in [3.05, 3.63) is 36.0 Å². The van der Waals surface area contributed by atoms with Crippen LogP contribution >= 0.6 is 0 Å². The molecule has 0 aliphatic carbocycles. The summed E-state index contributed by atoms with van der Waals surface area (Å²) < 4.78 is 4.82. The van der Waals surface area contributed by atoms with Crippen LogP contribution in [0.2, 0.25) is 0 Å². The van der Waals surface area contributed by atoms with Gasteiger partial charge in [0.05, 0.1) is 12.7 Å². The van der Waals surface area contributed by atoms with Crippen LogP contribution in [0.5, 0.6) is 0 Å². The van der Waals surface area contributed by atoms with E-state index in [0.29, 0.717) is 18.5 Å². The van der Waals surface area contributed by atoms with E-state index in [0.717, 1.165) is 10.9 Å². The fourth-order valence-electron chi connectivity index (χ4n) is 1.92. The molecule has 102 valence electrons. The Morgan fingerprint density at radius 1 is 1.47 bits per heavy atom. The highest BCUT2D eigenvalue weighted by atomic mass is 16.5. The standard InChI is InChI=1S/C14H18N2O3/c1-19-9-12(17)5-7-16-14(18)11-2-3-13-10(8-11)4-6-15-13/h2-4,6,8,12,15,17H,5,7,9H2,1H3,(H,16,18). The largest absolute Gasteiger partial charge is 0.391 e. The van der Waals surface area contributed by atoms with Crippen LogP contribution in [-0.2, 0) is 4.74 Å². The first-order valence-electron chi connectivity index (χ1n) is 6.23. The monoisotopic (exact) mass is 262 g/mol. The Labute approximate surface area is 111 Å². The summed E-state index contributed by atoms with van der Waals surface area (Å²) in [5.74, 6) is -0.132. The van der Waals surface area contributed by atoms with Gasteiger partial charge >= 0.3 is 0 Å². The molecule has 0 radical (unpaired) electrons. The molecule has 19 heavy (non-hydrogen) atoms. The van der Waals surface area contributed by atoms with Crippen molar-refractivity contribution in [3.63, 3.8) is 0 Å². The normalized spacial score (nSPS) is 12.5. The number of carbonyl (C=O) groups is 1. The number of aliphatic hydroxyl groups excluding tert-OH is 1. The number of hydrogen-bond donors (Lipinski definition) is 3. The van der Waals surface area contributed by atoms with E-state index in [1.807, 2.05) is 24.4 Å². The van der Waals surface area contributed by atoms with Gasteiger partial charge in [0.15, 0.2) is 0 Å². The van der Waals surface area contributed by atoms with E-state index < -0.39 is 6.10 Å². The number of amides is 1. The minimum atomic E-state index is -0.544. The molecule has 0 saturated carbocycles. The fraction of sp³-hybridized carbons (Fsp3) is 0.357. The second kappa shape index (κ2) is 6.36. The third kappa shape index (κ3) is 3.56. The second-order valence-corrected chi connectivity index (χ2v) is 4.43. The predicted molar refractivity (Wildman–Crippen MR) is 73.1 cm³/mol. The summed E-state index contributed by atoms with van der Waals surface area (Å²) in [6, 6.07) is 7.42. The van der Waals surface area contributed by atoms with E-state index in [2.05, 4.69) is 10.3 Å². The van der Waals surface area contributed by atoms with Crippen molar-refractivity contribution in [1.29, 1.82) is 0 Å². The van der Waals surface area contributed by atoms with Crippen LogP contribution in [0.3, 0.4) is 0 Å². The van der Waals surface area contributed by atoms with E-state index in [1.54, 1.807) is 6.07 Å². The van der Waals surface area contributed by atoms with E-state index in [-0.39, 0.29) is 12.5 Å². The van der Waals surface area contributed by atoms with Crippen molar-refractivity contribution in [1.82, 2.24) is 10.3 Å². The minimum absolute atomic E-state index is 0.132. The highest BCUT2D eigenvalue weighted by Crippen LogP contribution is 2.14. The molecule has 1 atom stereocenters. The first-order valence-corrected chi connectivity index (χ1v) is 6.23. The number of fused-ring (bicyclic) bond motifs is 1. The summed E-state index contributed by atoms with van der Waals surface area (Å²) in [6.45, 7) is 0.708. The van der Waals surface area contributed by atoms with Crippen molar-refractivity contribution in [3.8, 4) is 0 Å². The van der Waals surface area contributed by atoms with Gasteiger partial charge in [-0.25, -0.2) is 0 Å². The highest BCUT2D eigenvalue weighted by Gasteiger charge is 2.08. The Balaban J connectivity index is 1.89. The van der Waals surface area contributed by atoms with Crippen LogP contribution in [0, 0.1) is 0 Å². The second-order valence-electron chi connectivity index (χ2n) is 4.43. The third-order valence-corrected chi connectivity index (χ3v) is 2.94. The van der Waals surface area contributed by atoms with Gasteiger partial charge in [0.1, 0.15) is 0 Å². The number of aromatic amines is 1. The molecule has 0 bridgehead atoms. The van der Waals surface area contributed by atoms with Gasteiger partial charge in [0.25, 0.3) is 5.91 Å². The lowest BCUT2D eigenvalue weighted by Crippen LogP contribution is -2.28. The van der Waals surface area contributed by atoms with Gasteiger partial charge < -0.3 is 20.1 Å². The maximum absolute atomic E-state index is 11.9. The van der Waals surface area contributed by atoms with Crippen LogP contribution in [0.25, 0.3) is 10.9 Å². The Hall–Kier alpha value is -1.85. The van der Waals surface area contributed by atoms with Crippen LogP contribution in [-0.4, -0.2) is 42.4 Å². The lowest BCUT2D eigenvalue weighted by molar-refractivity contribution is 0.0587. The van der Waals surface area contributed by atoms with Crippen molar-refractivity contribution in [2.75, 3.05) is 20.3 Å². The summed E-state index contributed by atoms with van der Waals surface area (Å²) in [7, 11) is 1.54. The highest BCUT2D eigenvalue weighted by molar-refractivity contribution is 5.98. The summed E-state index contributed by atoms with van der Waals surface area (Å²) >= 11 is 0. The summed E-state index contributed by atoms with van der Waals surface area (Å²) in [4.78, 5) is 15.0. The SMILES string of the molecule is COCC(O)CCNC(=O)c1ccc2[nH]ccc2c1. The van der Waals surface area contributed by atoms with Gasteiger partial charge in [0.2, 0.25) is 0 Å². The Morgan fingerprint density at radius 2 is 2.32 bits per heavy atom. The minimum Gasteiger partial charge on any atom is -0.391 e. The molecule has 5 nitrogen and oxygen atoms in total. The molecule has 1 unspecified atom stereocenters. The number of methoxy groups -OCH3 is 1. The zero-order chi connectivity index (χ0) is 13.7. The van der Waals surface area contributed by atoms with Crippen LogP contribution in [0.1, 0.15) is 16.8 Å². The van der Waals surface area contributed by atoms with Crippen molar-refractivity contribution < 1.29 is 14.6 Å². The molecule has 2 rings (SSSR count). The number of aliphatic hydroxyl groups is 1. The lowest BCUT2D eigenvalue weighted by Gasteiger charge is -2.10. The van der Waals surface area contributed by atoms with Gasteiger partial charge in [-0.15, -0.1) is 0 Å². The molecule has 2 aromatic rings. The molecule has 0 fully saturated rings. The fourth-order valence-corrected chi connectivity index (χ4v) is 1.92. The maximum Gasteiger partial charge on any atom is 0.251 e. The molecule has 0 aliphatic rings. The molecule has 1 amide bonds. The lowest BCUT2D eigenvalue weighted by atomic mass is 10.1. The zero-order valence-corrected chi connectivity index (χ0v) is 10.8. The predicted octanol–water partition coefficient (Wildman–Crippen LogP) is 1.30. The molecule has 0 aliphatic heterocycles. The van der Waals surface area contributed by atoms with E-state index in [9.17, 15) is 9.90 Å². The zero-order valence-electron chi connectivity index (χ0n) is 10.8. The van der Waals surface area contributed by atoms with Crippen LogP contribution in [0.4, 0.5) is 0 Å². The van der Waals surface area contributed by atoms with Crippen LogP contribution < -0.4 is 5.32 Å². The molecule has 1 aromatic heterocycles. The van der Waals surface area contributed by atoms with Crippen LogP contribution in [0.15, 0.2) is 30.5 Å². The first kappa shape index (κ1) is 13.6. The molecule has 1 heterocycles. The summed E-state index contributed by atoms with van der Waals surface area (Å²) in [5, 5.41) is 13.3. The number of ether oxygens (including phenoxy) is 1. The quantitative estimate of drug-likeness (QED) is 0.734. The number of carbonyl (C=O) groups excluding carboxylic acids is 1. The van der Waals surface area contributed by atoms with Gasteiger partial charge in [-0.3, -0.25) is 4.79 Å². The third-order valence-electron chi connectivity index (χ3n) is 2.94. The molecular formula is C14H18N2O3. The van der Waals surface area contributed by atoms with Gasteiger partial charge in [-0.1, -0.05) is 0 Å². The maximum atomic E-state index is 11.9. The molecule has 0 spiro atoms. The Morgan fingerprint density at radius 3 is 3.11 bits per heavy atom. The van der Waals surface area contributed by atoms with E-state index >= 15 is 0 Å². The summed E-state index contributed by atoms with van der Waals surface area (Å²) in [5.41, 5.74) is 1.63. The Kier molecular flexibility index (Phi) is 4.54. The molecular weight excluding hydrogens is 244 g/mol. The molecule has 0 saturated heterocycles. The number of rotatable bonds is 6. The molecule has 3 N–H and O–H groups in total. The number of H-pyrrole nitrogens is 1. The topological polar surface area (TPSA) is 74.3 Å². The molecule has 1 aromatic carbocycles.